The van der Waals surface area contributed by atoms with Crippen LogP contribution in [0.4, 0.5) is 0 Å². The van der Waals surface area contributed by atoms with E-state index < -0.39 is 0 Å². The summed E-state index contributed by atoms with van der Waals surface area (Å²) in [6.07, 6.45) is 7.45. The third-order valence-corrected chi connectivity index (χ3v) is 3.06. The quantitative estimate of drug-likeness (QED) is 0.773. The minimum absolute atomic E-state index is 0.533. The van der Waals surface area contributed by atoms with Gasteiger partial charge in [-0.2, -0.15) is 5.10 Å². The van der Waals surface area contributed by atoms with Crippen LogP contribution in [0.5, 0.6) is 0 Å². The van der Waals surface area contributed by atoms with Gasteiger partial charge in [0.15, 0.2) is 0 Å². The molecule has 0 amide bonds. The fourth-order valence-electron chi connectivity index (χ4n) is 2.10. The highest BCUT2D eigenvalue weighted by Crippen LogP contribution is 2.22. The van der Waals surface area contributed by atoms with E-state index in [-0.39, 0.29) is 0 Å². The first-order valence-corrected chi connectivity index (χ1v) is 6.08. The molecule has 5 heteroatoms. The lowest BCUT2D eigenvalue weighted by Crippen LogP contribution is -1.99. The standard InChI is InChI=1S/C14H15N5/c1-18-9-12(7-17-18)14-8-16-10-19(14)13-4-2-3-11(5-13)6-15/h2-5,7-10H,6,15H2,1H3. The van der Waals surface area contributed by atoms with E-state index in [4.69, 9.17) is 5.73 Å². The van der Waals surface area contributed by atoms with E-state index in [2.05, 4.69) is 16.1 Å². The van der Waals surface area contributed by atoms with Gasteiger partial charge in [0.25, 0.3) is 0 Å². The van der Waals surface area contributed by atoms with E-state index in [0.717, 1.165) is 22.5 Å². The monoisotopic (exact) mass is 253 g/mol. The number of nitrogens with zero attached hydrogens (tertiary/aromatic N) is 4. The van der Waals surface area contributed by atoms with E-state index in [9.17, 15) is 0 Å². The Morgan fingerprint density at radius 2 is 2.16 bits per heavy atom. The Morgan fingerprint density at radius 3 is 2.89 bits per heavy atom. The van der Waals surface area contributed by atoms with E-state index in [1.807, 2.05) is 48.4 Å². The summed E-state index contributed by atoms with van der Waals surface area (Å²) in [4.78, 5) is 4.23. The first-order chi connectivity index (χ1) is 9.28. The van der Waals surface area contributed by atoms with Crippen LogP contribution >= 0.6 is 0 Å². The van der Waals surface area contributed by atoms with Gasteiger partial charge >= 0.3 is 0 Å². The van der Waals surface area contributed by atoms with Gasteiger partial charge in [-0.3, -0.25) is 9.25 Å². The minimum Gasteiger partial charge on any atom is -0.326 e. The van der Waals surface area contributed by atoms with Crippen LogP contribution in [0.15, 0.2) is 49.2 Å². The number of nitrogens with two attached hydrogens (primary N) is 1. The second-order valence-corrected chi connectivity index (χ2v) is 4.43. The lowest BCUT2D eigenvalue weighted by molar-refractivity contribution is 0.768. The summed E-state index contributed by atoms with van der Waals surface area (Å²) in [7, 11) is 1.90. The Bertz CT molecular complexity index is 695. The highest BCUT2D eigenvalue weighted by molar-refractivity contribution is 5.60. The van der Waals surface area contributed by atoms with Gasteiger partial charge in [-0.15, -0.1) is 0 Å². The number of aromatic nitrogens is 4. The van der Waals surface area contributed by atoms with Crippen LogP contribution in [-0.2, 0) is 13.6 Å². The van der Waals surface area contributed by atoms with Gasteiger partial charge in [0, 0.05) is 31.0 Å². The van der Waals surface area contributed by atoms with Crippen molar-refractivity contribution in [3.8, 4) is 16.9 Å². The molecule has 3 aromatic rings. The Labute approximate surface area is 111 Å². The minimum atomic E-state index is 0.533. The Kier molecular flexibility index (Phi) is 2.89. The molecule has 3 rings (SSSR count). The molecule has 19 heavy (non-hydrogen) atoms. The summed E-state index contributed by atoms with van der Waals surface area (Å²) in [6.45, 7) is 0.533. The molecule has 0 fully saturated rings. The van der Waals surface area contributed by atoms with Crippen molar-refractivity contribution in [2.24, 2.45) is 12.8 Å². The van der Waals surface area contributed by atoms with Crippen molar-refractivity contribution in [2.75, 3.05) is 0 Å². The zero-order valence-electron chi connectivity index (χ0n) is 10.7. The van der Waals surface area contributed by atoms with Crippen LogP contribution in [-0.4, -0.2) is 19.3 Å². The molecule has 0 saturated carbocycles. The van der Waals surface area contributed by atoms with Crippen molar-refractivity contribution in [3.05, 3.63) is 54.7 Å². The molecule has 0 aliphatic heterocycles. The third kappa shape index (κ3) is 2.15. The molecule has 0 aliphatic carbocycles. The Hall–Kier alpha value is -2.40. The fourth-order valence-corrected chi connectivity index (χ4v) is 2.10. The fraction of sp³-hybridized carbons (Fsp3) is 0.143. The molecule has 0 atom stereocenters. The lowest BCUT2D eigenvalue weighted by atomic mass is 10.2. The first-order valence-electron chi connectivity index (χ1n) is 6.08. The van der Waals surface area contributed by atoms with Crippen LogP contribution in [0.25, 0.3) is 16.9 Å². The van der Waals surface area contributed by atoms with Crippen LogP contribution in [0, 0.1) is 0 Å². The van der Waals surface area contributed by atoms with Crippen molar-refractivity contribution in [1.82, 2.24) is 19.3 Å². The van der Waals surface area contributed by atoms with Crippen LogP contribution in [0.2, 0.25) is 0 Å². The molecular formula is C14H15N5. The first kappa shape index (κ1) is 11.7. The summed E-state index contributed by atoms with van der Waals surface area (Å²) < 4.78 is 3.82. The van der Waals surface area contributed by atoms with Crippen molar-refractivity contribution in [1.29, 1.82) is 0 Å². The summed E-state index contributed by atoms with van der Waals surface area (Å²) >= 11 is 0. The Morgan fingerprint density at radius 1 is 1.26 bits per heavy atom. The highest BCUT2D eigenvalue weighted by atomic mass is 15.2. The zero-order valence-corrected chi connectivity index (χ0v) is 10.7. The summed E-state index contributed by atoms with van der Waals surface area (Å²) in [5.74, 6) is 0. The molecule has 2 N–H and O–H groups in total. The highest BCUT2D eigenvalue weighted by Gasteiger charge is 2.08. The number of hydrogen-bond donors (Lipinski definition) is 1. The van der Waals surface area contributed by atoms with Gasteiger partial charge in [0.2, 0.25) is 0 Å². The predicted octanol–water partition coefficient (Wildman–Crippen LogP) is 1.73. The van der Waals surface area contributed by atoms with Gasteiger partial charge in [-0.25, -0.2) is 4.98 Å². The van der Waals surface area contributed by atoms with E-state index in [1.165, 1.54) is 0 Å². The van der Waals surface area contributed by atoms with Crippen molar-refractivity contribution < 1.29 is 0 Å². The zero-order chi connectivity index (χ0) is 13.2. The maximum Gasteiger partial charge on any atom is 0.0997 e. The van der Waals surface area contributed by atoms with Crippen molar-refractivity contribution >= 4 is 0 Å². The van der Waals surface area contributed by atoms with E-state index in [0.29, 0.717) is 6.54 Å². The van der Waals surface area contributed by atoms with Crippen molar-refractivity contribution in [2.45, 2.75) is 6.54 Å². The van der Waals surface area contributed by atoms with Gasteiger partial charge in [-0.05, 0) is 17.7 Å². The molecule has 0 unspecified atom stereocenters. The van der Waals surface area contributed by atoms with Crippen LogP contribution < -0.4 is 5.73 Å². The Balaban J connectivity index is 2.09. The topological polar surface area (TPSA) is 61.7 Å². The molecule has 0 spiro atoms. The molecule has 0 bridgehead atoms. The average molecular weight is 253 g/mol. The maximum absolute atomic E-state index is 5.69. The van der Waals surface area contributed by atoms with Crippen LogP contribution in [0.1, 0.15) is 5.56 Å². The average Bonchev–Trinajstić information content (AvgIpc) is 3.07. The second kappa shape index (κ2) is 4.70. The van der Waals surface area contributed by atoms with E-state index in [1.54, 1.807) is 11.0 Å². The van der Waals surface area contributed by atoms with Gasteiger partial charge < -0.3 is 5.73 Å². The molecule has 0 saturated heterocycles. The molecule has 96 valence electrons. The van der Waals surface area contributed by atoms with Crippen LogP contribution in [0.3, 0.4) is 0 Å². The van der Waals surface area contributed by atoms with Gasteiger partial charge in [0.05, 0.1) is 24.4 Å². The second-order valence-electron chi connectivity index (χ2n) is 4.43. The van der Waals surface area contributed by atoms with Gasteiger partial charge in [-0.1, -0.05) is 12.1 Å². The number of aryl methyl sites for hydroxylation is 1. The largest absolute Gasteiger partial charge is 0.326 e. The molecule has 5 nitrogen and oxygen atoms in total. The molecule has 2 heterocycles. The number of benzene rings is 1. The molecule has 2 aromatic heterocycles. The summed E-state index contributed by atoms with van der Waals surface area (Å²) in [5, 5.41) is 4.20. The number of rotatable bonds is 3. The number of imidazole rings is 1. The summed E-state index contributed by atoms with van der Waals surface area (Å²) in [6, 6.07) is 8.14. The molecular weight excluding hydrogens is 238 g/mol. The van der Waals surface area contributed by atoms with Gasteiger partial charge in [0.1, 0.15) is 0 Å². The van der Waals surface area contributed by atoms with Crippen molar-refractivity contribution in [3.63, 3.8) is 0 Å². The third-order valence-electron chi connectivity index (χ3n) is 3.06. The normalized spacial score (nSPS) is 10.8. The molecule has 1 aromatic carbocycles. The molecule has 0 radical (unpaired) electrons. The lowest BCUT2D eigenvalue weighted by Gasteiger charge is -2.08. The smallest absolute Gasteiger partial charge is 0.0997 e. The van der Waals surface area contributed by atoms with E-state index >= 15 is 0 Å². The predicted molar refractivity (Wildman–Crippen MR) is 73.7 cm³/mol. The molecule has 0 aliphatic rings. The SMILES string of the molecule is Cn1cc(-c2cncn2-c2cccc(CN)c2)cn1. The summed E-state index contributed by atoms with van der Waals surface area (Å²) in [5.41, 5.74) is 9.90. The number of hydrogen-bond acceptors (Lipinski definition) is 3. The maximum atomic E-state index is 5.69.